The van der Waals surface area contributed by atoms with Crippen molar-refractivity contribution in [3.05, 3.63) is 137 Å². The van der Waals surface area contributed by atoms with E-state index in [1.165, 1.54) is 9.80 Å². The maximum Gasteiger partial charge on any atom is 0.252 e. The highest BCUT2D eigenvalue weighted by Gasteiger charge is 2.41. The summed E-state index contributed by atoms with van der Waals surface area (Å²) in [6.45, 7) is 7.66. The summed E-state index contributed by atoms with van der Waals surface area (Å²) >= 11 is 0. The summed E-state index contributed by atoms with van der Waals surface area (Å²) in [5.74, 6) is -5.15. The average molecular weight is 1110 g/mol. The second-order valence-corrected chi connectivity index (χ2v) is 22.2. The van der Waals surface area contributed by atoms with Crippen LogP contribution in [0.1, 0.15) is 113 Å². The van der Waals surface area contributed by atoms with Gasteiger partial charge >= 0.3 is 0 Å². The number of nitrogens with two attached hydrogens (primary N) is 2. The molecule has 8 amide bonds. The molecule has 7 atom stereocenters. The zero-order valence-corrected chi connectivity index (χ0v) is 47.2. The van der Waals surface area contributed by atoms with E-state index in [2.05, 4.69) is 31.9 Å². The minimum Gasteiger partial charge on any atom is -0.350 e. The summed E-state index contributed by atoms with van der Waals surface area (Å²) < 4.78 is 0. The van der Waals surface area contributed by atoms with Gasteiger partial charge in [0.2, 0.25) is 41.4 Å². The monoisotopic (exact) mass is 1110 g/mol. The van der Waals surface area contributed by atoms with Crippen molar-refractivity contribution in [2.45, 2.75) is 147 Å². The van der Waals surface area contributed by atoms with Gasteiger partial charge in [0.25, 0.3) is 5.91 Å². The molecule has 0 aliphatic carbocycles. The smallest absolute Gasteiger partial charge is 0.252 e. The van der Waals surface area contributed by atoms with Crippen molar-refractivity contribution in [2.75, 3.05) is 31.1 Å². The van der Waals surface area contributed by atoms with E-state index in [1.807, 2.05) is 117 Å². The quantitative estimate of drug-likeness (QED) is 0.0753. The minimum absolute atomic E-state index is 0.0511. The van der Waals surface area contributed by atoms with Gasteiger partial charge in [-0.2, -0.15) is 0 Å². The normalized spacial score (nSPS) is 22.9. The highest BCUT2D eigenvalue weighted by atomic mass is 16.2. The number of fused-ring (bicyclic) bond motifs is 2. The molecule has 0 aromatic heterocycles. The van der Waals surface area contributed by atoms with E-state index in [4.69, 9.17) is 16.5 Å². The Kier molecular flexibility index (Phi) is 22.3. The van der Waals surface area contributed by atoms with Gasteiger partial charge in [-0.25, -0.2) is 0 Å². The molecule has 4 aromatic carbocycles. The fourth-order valence-corrected chi connectivity index (χ4v) is 10.7. The SMILES string of the molecule is CC(C)C[C@@H]1NC(=O)[C@H](CCCCN)NC(=O)CN2C(=O)[C@H](Cc3ccccc3)N=C(c3ccccc3)c3ccc(cc32)CNC(=O)[C@H](CCCCN)NC(=O)[C@H](C(C)C)NC(=O)[C@@H]2CCCN2C(=O)[C@@H](Cc2ccccc2)NC1=O. The maximum atomic E-state index is 15.3. The number of carbonyl (C=O) groups is 8. The van der Waals surface area contributed by atoms with Gasteiger partial charge in [0.1, 0.15) is 48.8 Å². The lowest BCUT2D eigenvalue weighted by molar-refractivity contribution is -0.143. The highest BCUT2D eigenvalue weighted by Crippen LogP contribution is 2.31. The fraction of sp³-hybridized carbons (Fsp3) is 0.468. The second kappa shape index (κ2) is 29.6. The van der Waals surface area contributed by atoms with Crippen molar-refractivity contribution in [1.82, 2.24) is 36.8 Å². The molecule has 1 fully saturated rings. The summed E-state index contributed by atoms with van der Waals surface area (Å²) in [6.07, 6.45) is 3.65. The Hall–Kier alpha value is -7.77. The van der Waals surface area contributed by atoms with Crippen molar-refractivity contribution < 1.29 is 38.4 Å². The van der Waals surface area contributed by atoms with Gasteiger partial charge in [0, 0.05) is 37.1 Å². The van der Waals surface area contributed by atoms with Crippen LogP contribution >= 0.6 is 0 Å². The third kappa shape index (κ3) is 16.7. The number of rotatable bonds is 16. The summed E-state index contributed by atoms with van der Waals surface area (Å²) in [4.78, 5) is 126. The molecule has 19 nitrogen and oxygen atoms in total. The van der Waals surface area contributed by atoms with Gasteiger partial charge in [-0.15, -0.1) is 0 Å². The lowest BCUT2D eigenvalue weighted by Crippen LogP contribution is -2.60. The molecule has 0 radical (unpaired) electrons. The molecule has 4 aromatic rings. The molecule has 19 heteroatoms. The van der Waals surface area contributed by atoms with E-state index < -0.39 is 102 Å². The summed E-state index contributed by atoms with van der Waals surface area (Å²) in [5, 5.41) is 17.6. The van der Waals surface area contributed by atoms with Gasteiger partial charge in [0.15, 0.2) is 0 Å². The molecule has 3 aliphatic rings. The third-order valence-electron chi connectivity index (χ3n) is 15.0. The predicted octanol–water partition coefficient (Wildman–Crippen LogP) is 3.73. The first-order chi connectivity index (χ1) is 39.0. The Balaban J connectivity index is 1.32. The van der Waals surface area contributed by atoms with Crippen LogP contribution in [0.25, 0.3) is 0 Å². The molecule has 10 N–H and O–H groups in total. The van der Waals surface area contributed by atoms with Gasteiger partial charge in [-0.3, -0.25) is 43.3 Å². The number of hydrogen-bond donors (Lipinski definition) is 8. The number of unbranched alkanes of at least 4 members (excludes halogenated alkanes) is 2. The highest BCUT2D eigenvalue weighted by molar-refractivity contribution is 6.21. The number of benzene rings is 4. The van der Waals surface area contributed by atoms with E-state index in [-0.39, 0.29) is 51.1 Å². The molecule has 432 valence electrons. The Bertz CT molecular complexity index is 2850. The van der Waals surface area contributed by atoms with Crippen LogP contribution in [0.15, 0.2) is 114 Å². The number of anilines is 1. The van der Waals surface area contributed by atoms with Crippen LogP contribution in [-0.4, -0.2) is 126 Å². The first kappa shape index (κ1) is 60.9. The Morgan fingerprint density at radius 3 is 1.79 bits per heavy atom. The first-order valence-corrected chi connectivity index (χ1v) is 28.7. The molecular weight excluding hydrogens is 1030 g/mol. The Labute approximate surface area is 475 Å². The van der Waals surface area contributed by atoms with Gasteiger partial charge in [-0.1, -0.05) is 131 Å². The summed E-state index contributed by atoms with van der Waals surface area (Å²) in [6, 6.07) is 25.7. The van der Waals surface area contributed by atoms with Crippen LogP contribution < -0.4 is 48.3 Å². The Morgan fingerprint density at radius 1 is 0.593 bits per heavy atom. The maximum absolute atomic E-state index is 15.3. The molecule has 0 unspecified atom stereocenters. The predicted molar refractivity (Wildman–Crippen MR) is 311 cm³/mol. The molecule has 81 heavy (non-hydrogen) atoms. The number of nitrogens with one attached hydrogen (secondary N) is 6. The molecule has 3 heterocycles. The minimum atomic E-state index is -1.18. The lowest BCUT2D eigenvalue weighted by atomic mass is 9.98. The second-order valence-electron chi connectivity index (χ2n) is 22.2. The van der Waals surface area contributed by atoms with Crippen molar-refractivity contribution >= 4 is 58.7 Å². The molecule has 3 aliphatic heterocycles. The number of aliphatic imine (C=N–C) groups is 1. The van der Waals surface area contributed by atoms with Crippen LogP contribution in [0.3, 0.4) is 0 Å². The standard InChI is InChI=1S/C62H81N11O8/c1-39(2)33-48-58(77)70-50(35-42-21-10-6-11-22-42)61(80)72-32-18-27-51(72)59(78)71-54(40(3)4)60(79)68-46(25-14-16-30-63)56(75)65-37-43-28-29-45-52(36-43)73(38-53(74)66-47(57(76)69-48)26-15-17-31-64)62(81)49(34-41-19-8-5-9-20-41)67-55(45)44-23-12-7-13-24-44/h5-13,19-24,28-29,36,39-40,46-51,54H,14-18,25-27,30-35,37-38,63-64H2,1-4H3,(H,65,75)(H,66,74)(H,68,79)(H,69,76)(H,70,77)(H,71,78)/t46-,47-,48-,49-,50+,51-,54-/m0/s1. The first-order valence-electron chi connectivity index (χ1n) is 28.7. The topological polar surface area (TPSA) is 280 Å². The number of hydrogen-bond acceptors (Lipinski definition) is 11. The molecule has 0 spiro atoms. The van der Waals surface area contributed by atoms with Crippen molar-refractivity contribution in [3.63, 3.8) is 0 Å². The van der Waals surface area contributed by atoms with Gasteiger partial charge in [-0.05, 0) is 105 Å². The summed E-state index contributed by atoms with van der Waals surface area (Å²) in [7, 11) is 0. The van der Waals surface area contributed by atoms with Crippen LogP contribution in [0.4, 0.5) is 5.69 Å². The van der Waals surface area contributed by atoms with E-state index in [9.17, 15) is 33.6 Å². The van der Waals surface area contributed by atoms with Crippen LogP contribution in [0, 0.1) is 11.8 Å². The van der Waals surface area contributed by atoms with Crippen LogP contribution in [-0.2, 0) is 57.7 Å². The van der Waals surface area contributed by atoms with E-state index in [0.29, 0.717) is 74.1 Å². The Morgan fingerprint density at radius 2 is 1.17 bits per heavy atom. The van der Waals surface area contributed by atoms with E-state index >= 15 is 4.79 Å². The van der Waals surface area contributed by atoms with Crippen LogP contribution in [0.2, 0.25) is 0 Å². The van der Waals surface area contributed by atoms with Gasteiger partial charge < -0.3 is 53.2 Å². The molecule has 0 saturated carbocycles. The lowest BCUT2D eigenvalue weighted by Gasteiger charge is -2.32. The largest absolute Gasteiger partial charge is 0.350 e. The van der Waals surface area contributed by atoms with E-state index in [1.54, 1.807) is 19.9 Å². The zero-order valence-electron chi connectivity index (χ0n) is 47.2. The number of carbonyl (C=O) groups excluding carboxylic acids is 8. The van der Waals surface area contributed by atoms with Crippen molar-refractivity contribution in [2.24, 2.45) is 28.3 Å². The van der Waals surface area contributed by atoms with Crippen molar-refractivity contribution in [3.8, 4) is 0 Å². The third-order valence-corrected chi connectivity index (χ3v) is 15.0. The molecular formula is C62H81N11O8. The fourth-order valence-electron chi connectivity index (χ4n) is 10.7. The van der Waals surface area contributed by atoms with Crippen LogP contribution in [0.5, 0.6) is 0 Å². The molecule has 2 bridgehead atoms. The molecule has 1 saturated heterocycles. The van der Waals surface area contributed by atoms with Gasteiger partial charge in [0.05, 0.1) is 11.4 Å². The molecule has 7 rings (SSSR count). The number of amides is 8. The zero-order chi connectivity index (χ0) is 58.0. The summed E-state index contributed by atoms with van der Waals surface area (Å²) in [5.41, 5.74) is 16.0. The van der Waals surface area contributed by atoms with Crippen molar-refractivity contribution in [1.29, 1.82) is 0 Å². The number of nitrogens with zero attached hydrogens (tertiary/aromatic N) is 3. The van der Waals surface area contributed by atoms with E-state index in [0.717, 1.165) is 16.7 Å². The average Bonchev–Trinajstić information content (AvgIpc) is 4.19.